The maximum Gasteiger partial charge on any atom is 0.172 e. The SMILES string of the molecule is BN(B)CCCN=O. The fourth-order valence-corrected chi connectivity index (χ4v) is 0.451. The molecule has 8 heavy (non-hydrogen) atoms. The Hall–Kier alpha value is -0.310. The largest absolute Gasteiger partial charge is 0.396 e. The highest BCUT2D eigenvalue weighted by molar-refractivity contribution is 6.24. The number of nitroso groups, excluding NO2 is 1. The number of hydrogen-bond acceptors (Lipinski definition) is 3. The lowest BCUT2D eigenvalue weighted by Crippen LogP contribution is -2.17. The summed E-state index contributed by atoms with van der Waals surface area (Å²) >= 11 is 0. The molecule has 0 aliphatic carbocycles. The Kier molecular flexibility index (Phi) is 4.65. The molecule has 0 rings (SSSR count). The van der Waals surface area contributed by atoms with Gasteiger partial charge in [0.2, 0.25) is 0 Å². The summed E-state index contributed by atoms with van der Waals surface area (Å²) in [6.07, 6.45) is 0.872. The van der Waals surface area contributed by atoms with E-state index in [1.165, 1.54) is 0 Å². The number of hydrogen-bond donors (Lipinski definition) is 0. The first-order valence-electron chi connectivity index (χ1n) is 2.71. The molecule has 3 nitrogen and oxygen atoms in total. The van der Waals surface area contributed by atoms with Gasteiger partial charge in [0.15, 0.2) is 16.0 Å². The van der Waals surface area contributed by atoms with Crippen LogP contribution in [0.25, 0.3) is 0 Å². The summed E-state index contributed by atoms with van der Waals surface area (Å²) in [7, 11) is 3.95. The summed E-state index contributed by atoms with van der Waals surface area (Å²) in [5, 5.41) is 2.73. The highest BCUT2D eigenvalue weighted by Crippen LogP contribution is 1.80. The fraction of sp³-hybridized carbons (Fsp3) is 1.00. The molecule has 0 aromatic carbocycles. The molecule has 0 radical (unpaired) electrons. The Labute approximate surface area is 51.3 Å². The average Bonchev–Trinajstić information content (AvgIpc) is 1.66. The van der Waals surface area contributed by atoms with Crippen LogP contribution in [-0.4, -0.2) is 33.8 Å². The lowest BCUT2D eigenvalue weighted by atomic mass is 10.1. The highest BCUT2D eigenvalue weighted by Gasteiger charge is 1.87. The van der Waals surface area contributed by atoms with Gasteiger partial charge in [0.05, 0.1) is 6.54 Å². The van der Waals surface area contributed by atoms with Gasteiger partial charge in [-0.25, -0.2) is 0 Å². The lowest BCUT2D eigenvalue weighted by Gasteiger charge is -2.05. The Morgan fingerprint density at radius 1 is 1.50 bits per heavy atom. The molecule has 5 heteroatoms. The minimum absolute atomic E-state index is 0.443. The quantitative estimate of drug-likeness (QED) is 0.253. The predicted molar refractivity (Wildman–Crippen MR) is 39.1 cm³/mol. The molecule has 0 saturated heterocycles. The van der Waals surface area contributed by atoms with Gasteiger partial charge in [-0.3, -0.25) is 0 Å². The molecular formula is C3H10B2N2O. The summed E-state index contributed by atoms with van der Waals surface area (Å²) < 4.78 is 2.03. The van der Waals surface area contributed by atoms with E-state index < -0.39 is 0 Å². The Balaban J connectivity index is 2.81. The van der Waals surface area contributed by atoms with Crippen LogP contribution in [0.15, 0.2) is 5.18 Å². The summed E-state index contributed by atoms with van der Waals surface area (Å²) in [5.41, 5.74) is 0. The molecule has 0 heterocycles. The van der Waals surface area contributed by atoms with E-state index in [1.807, 2.05) is 20.7 Å². The third-order valence-corrected chi connectivity index (χ3v) is 0.855. The zero-order valence-electron chi connectivity index (χ0n) is 5.42. The Bertz CT molecular complexity index is 68.3. The molecule has 0 fully saturated rings. The van der Waals surface area contributed by atoms with E-state index in [0.29, 0.717) is 6.54 Å². The van der Waals surface area contributed by atoms with Gasteiger partial charge >= 0.3 is 0 Å². The minimum Gasteiger partial charge on any atom is -0.396 e. The first kappa shape index (κ1) is 7.69. The molecule has 0 spiro atoms. The Morgan fingerprint density at radius 2 is 2.12 bits per heavy atom. The van der Waals surface area contributed by atoms with E-state index in [-0.39, 0.29) is 0 Å². The van der Waals surface area contributed by atoms with E-state index in [0.717, 1.165) is 13.0 Å². The monoisotopic (exact) mass is 112 g/mol. The summed E-state index contributed by atoms with van der Waals surface area (Å²) in [6.45, 7) is 1.39. The van der Waals surface area contributed by atoms with Crippen LogP contribution in [0, 0.1) is 4.91 Å². The first-order chi connectivity index (χ1) is 3.77. The van der Waals surface area contributed by atoms with Crippen molar-refractivity contribution in [3.63, 3.8) is 0 Å². The third kappa shape index (κ3) is 5.69. The molecule has 0 atom stereocenters. The molecule has 0 amide bonds. The van der Waals surface area contributed by atoms with Crippen LogP contribution >= 0.6 is 0 Å². The van der Waals surface area contributed by atoms with Crippen LogP contribution in [0.1, 0.15) is 6.42 Å². The van der Waals surface area contributed by atoms with Gasteiger partial charge in [0.1, 0.15) is 0 Å². The molecule has 0 bridgehead atoms. The van der Waals surface area contributed by atoms with Gasteiger partial charge in [-0.05, 0) is 13.0 Å². The van der Waals surface area contributed by atoms with Crippen LogP contribution < -0.4 is 0 Å². The molecule has 0 aromatic rings. The second kappa shape index (κ2) is 4.84. The normalized spacial score (nSPS) is 9.62. The first-order valence-corrected chi connectivity index (χ1v) is 2.71. The molecule has 0 aliphatic heterocycles. The standard InChI is InChI=1S/C3H10B2N2O/c4-7(5)3-1-2-6-8/h1-5H2. The van der Waals surface area contributed by atoms with Crippen LogP contribution in [0.4, 0.5) is 0 Å². The average molecular weight is 112 g/mol. The van der Waals surface area contributed by atoms with Gasteiger partial charge < -0.3 is 4.72 Å². The smallest absolute Gasteiger partial charge is 0.172 e. The molecule has 0 N–H and O–H groups in total. The molecule has 0 aromatic heterocycles. The van der Waals surface area contributed by atoms with Crippen molar-refractivity contribution in [2.45, 2.75) is 6.42 Å². The molecule has 0 aliphatic rings. The molecular weight excluding hydrogens is 102 g/mol. The number of nitrogens with zero attached hydrogens (tertiary/aromatic N) is 2. The van der Waals surface area contributed by atoms with Crippen molar-refractivity contribution < 1.29 is 0 Å². The van der Waals surface area contributed by atoms with Crippen molar-refractivity contribution in [1.29, 1.82) is 0 Å². The zero-order valence-corrected chi connectivity index (χ0v) is 5.42. The fourth-order valence-electron chi connectivity index (χ4n) is 0.451. The predicted octanol–water partition coefficient (Wildman–Crippen LogP) is -1.46. The van der Waals surface area contributed by atoms with Crippen molar-refractivity contribution in [2.75, 3.05) is 13.1 Å². The molecule has 0 unspecified atom stereocenters. The summed E-state index contributed by atoms with van der Waals surface area (Å²) in [4.78, 5) is 9.52. The minimum atomic E-state index is 0.443. The van der Waals surface area contributed by atoms with Crippen LogP contribution in [0.5, 0.6) is 0 Å². The van der Waals surface area contributed by atoms with Crippen molar-refractivity contribution in [2.24, 2.45) is 5.18 Å². The second-order valence-corrected chi connectivity index (χ2v) is 2.01. The lowest BCUT2D eigenvalue weighted by molar-refractivity contribution is 0.650. The van der Waals surface area contributed by atoms with Crippen molar-refractivity contribution in [3.8, 4) is 0 Å². The maximum atomic E-state index is 9.52. The highest BCUT2D eigenvalue weighted by atomic mass is 16.3. The molecule has 44 valence electrons. The van der Waals surface area contributed by atoms with Crippen LogP contribution in [0.3, 0.4) is 0 Å². The second-order valence-electron chi connectivity index (χ2n) is 2.01. The van der Waals surface area contributed by atoms with Gasteiger partial charge in [-0.2, -0.15) is 4.91 Å². The van der Waals surface area contributed by atoms with Gasteiger partial charge in [-0.15, -0.1) is 0 Å². The summed E-state index contributed by atoms with van der Waals surface area (Å²) in [6, 6.07) is 0. The third-order valence-electron chi connectivity index (χ3n) is 0.855. The van der Waals surface area contributed by atoms with Gasteiger partial charge in [-0.1, -0.05) is 5.18 Å². The maximum absolute atomic E-state index is 9.52. The summed E-state index contributed by atoms with van der Waals surface area (Å²) in [5.74, 6) is 0. The van der Waals surface area contributed by atoms with Gasteiger partial charge in [0, 0.05) is 0 Å². The zero-order chi connectivity index (χ0) is 6.41. The van der Waals surface area contributed by atoms with Crippen LogP contribution in [0.2, 0.25) is 0 Å². The van der Waals surface area contributed by atoms with Crippen molar-refractivity contribution >= 4 is 16.0 Å². The van der Waals surface area contributed by atoms with Crippen LogP contribution in [-0.2, 0) is 0 Å². The van der Waals surface area contributed by atoms with E-state index in [2.05, 4.69) is 5.18 Å². The van der Waals surface area contributed by atoms with E-state index in [9.17, 15) is 4.91 Å². The van der Waals surface area contributed by atoms with E-state index >= 15 is 0 Å². The van der Waals surface area contributed by atoms with E-state index in [1.54, 1.807) is 0 Å². The molecule has 0 saturated carbocycles. The Morgan fingerprint density at radius 3 is 2.50 bits per heavy atom. The van der Waals surface area contributed by atoms with E-state index in [4.69, 9.17) is 0 Å². The number of rotatable bonds is 4. The van der Waals surface area contributed by atoms with Crippen molar-refractivity contribution in [3.05, 3.63) is 4.91 Å². The van der Waals surface area contributed by atoms with Crippen molar-refractivity contribution in [1.82, 2.24) is 4.72 Å². The van der Waals surface area contributed by atoms with Gasteiger partial charge in [0.25, 0.3) is 0 Å². The topological polar surface area (TPSA) is 32.7 Å².